The fourth-order valence-corrected chi connectivity index (χ4v) is 1.53. The van der Waals surface area contributed by atoms with Gasteiger partial charge in [0.2, 0.25) is 0 Å². The molecular formula is C12H17F2N. The van der Waals surface area contributed by atoms with E-state index in [0.29, 0.717) is 13.0 Å². The third-order valence-electron chi connectivity index (χ3n) is 2.32. The van der Waals surface area contributed by atoms with E-state index in [1.54, 1.807) is 19.1 Å². The van der Waals surface area contributed by atoms with Crippen LogP contribution in [0.15, 0.2) is 24.3 Å². The molecule has 0 fully saturated rings. The molecule has 0 saturated heterocycles. The molecule has 1 aromatic carbocycles. The maximum Gasteiger partial charge on any atom is 0.273 e. The minimum atomic E-state index is -2.69. The lowest BCUT2D eigenvalue weighted by molar-refractivity contribution is -0.0140. The minimum absolute atomic E-state index is 0.0849. The Balaban J connectivity index is 2.78. The number of nitrogens with one attached hydrogen (secondary N) is 1. The molecule has 0 unspecified atom stereocenters. The molecular weight excluding hydrogens is 196 g/mol. The van der Waals surface area contributed by atoms with Crippen molar-refractivity contribution in [2.45, 2.75) is 32.2 Å². The zero-order valence-electron chi connectivity index (χ0n) is 9.19. The summed E-state index contributed by atoms with van der Waals surface area (Å²) in [5, 5.41) is 2.98. The predicted molar refractivity (Wildman–Crippen MR) is 58.0 cm³/mol. The Morgan fingerprint density at radius 3 is 2.27 bits per heavy atom. The Morgan fingerprint density at radius 2 is 1.80 bits per heavy atom. The Hall–Kier alpha value is -0.960. The summed E-state index contributed by atoms with van der Waals surface area (Å²) >= 11 is 0. The van der Waals surface area contributed by atoms with E-state index in [1.165, 1.54) is 12.1 Å². The molecule has 1 aromatic rings. The molecule has 0 aliphatic rings. The van der Waals surface area contributed by atoms with Gasteiger partial charge in [-0.25, -0.2) is 8.78 Å². The molecule has 0 atom stereocenters. The van der Waals surface area contributed by atoms with Crippen LogP contribution in [0, 0.1) is 0 Å². The molecule has 15 heavy (non-hydrogen) atoms. The number of benzene rings is 1. The van der Waals surface area contributed by atoms with Crippen molar-refractivity contribution >= 4 is 0 Å². The van der Waals surface area contributed by atoms with Crippen LogP contribution in [0.3, 0.4) is 0 Å². The van der Waals surface area contributed by atoms with Crippen molar-refractivity contribution in [1.82, 2.24) is 5.32 Å². The molecule has 0 aromatic heterocycles. The fourth-order valence-electron chi connectivity index (χ4n) is 1.53. The lowest BCUT2D eigenvalue weighted by Crippen LogP contribution is -2.13. The average Bonchev–Trinajstić information content (AvgIpc) is 2.19. The fraction of sp³-hybridized carbons (Fsp3) is 0.500. The highest BCUT2D eigenvalue weighted by Crippen LogP contribution is 2.32. The number of halogens is 2. The molecule has 0 aliphatic heterocycles. The second kappa shape index (κ2) is 5.21. The number of rotatable bonds is 5. The molecule has 0 saturated carbocycles. The third-order valence-corrected chi connectivity index (χ3v) is 2.32. The van der Waals surface area contributed by atoms with Crippen molar-refractivity contribution in [3.8, 4) is 0 Å². The summed E-state index contributed by atoms with van der Waals surface area (Å²) in [4.78, 5) is 0. The molecule has 84 valence electrons. The Kier molecular flexibility index (Phi) is 4.21. The van der Waals surface area contributed by atoms with Gasteiger partial charge in [0.1, 0.15) is 0 Å². The first-order valence-electron chi connectivity index (χ1n) is 5.22. The second-order valence-corrected chi connectivity index (χ2v) is 3.68. The number of hydrogen-bond donors (Lipinski definition) is 1. The average molecular weight is 213 g/mol. The Labute approximate surface area is 89.5 Å². The maximum absolute atomic E-state index is 13.5. The zero-order valence-corrected chi connectivity index (χ0v) is 9.19. The van der Waals surface area contributed by atoms with E-state index < -0.39 is 5.92 Å². The third kappa shape index (κ3) is 3.27. The van der Waals surface area contributed by atoms with Gasteiger partial charge in [0.25, 0.3) is 5.92 Å². The monoisotopic (exact) mass is 213 g/mol. The smallest absolute Gasteiger partial charge is 0.273 e. The van der Waals surface area contributed by atoms with E-state index in [4.69, 9.17) is 0 Å². The molecule has 0 heterocycles. The number of hydrogen-bond acceptors (Lipinski definition) is 1. The Bertz CT molecular complexity index is 293. The van der Waals surface area contributed by atoms with Gasteiger partial charge in [-0.3, -0.25) is 0 Å². The van der Waals surface area contributed by atoms with Gasteiger partial charge >= 0.3 is 0 Å². The minimum Gasteiger partial charge on any atom is -0.316 e. The molecule has 0 aliphatic carbocycles. The predicted octanol–water partition coefficient (Wildman–Crippen LogP) is 3.30. The van der Waals surface area contributed by atoms with E-state index in [9.17, 15) is 8.78 Å². The summed E-state index contributed by atoms with van der Waals surface area (Å²) in [7, 11) is 1.83. The number of alkyl halides is 2. The van der Waals surface area contributed by atoms with E-state index in [-0.39, 0.29) is 12.0 Å². The standard InChI is InChI=1S/C12H17F2N/c1-3-8-12(13,14)11-6-4-10(5-7-11)9-15-2/h4-7,15H,3,8-9H2,1-2H3. The van der Waals surface area contributed by atoms with E-state index in [0.717, 1.165) is 5.56 Å². The molecule has 1 rings (SSSR count). The van der Waals surface area contributed by atoms with Crippen LogP contribution in [-0.4, -0.2) is 7.05 Å². The van der Waals surface area contributed by atoms with Gasteiger partial charge in [0, 0.05) is 18.5 Å². The van der Waals surface area contributed by atoms with Crippen LogP contribution in [0.25, 0.3) is 0 Å². The largest absolute Gasteiger partial charge is 0.316 e. The summed E-state index contributed by atoms with van der Waals surface area (Å²) < 4.78 is 26.9. The first kappa shape index (κ1) is 12.1. The molecule has 0 amide bonds. The summed E-state index contributed by atoms with van der Waals surface area (Å²) in [6, 6.07) is 6.52. The highest BCUT2D eigenvalue weighted by molar-refractivity contribution is 5.25. The van der Waals surface area contributed by atoms with Crippen molar-refractivity contribution in [2.24, 2.45) is 0 Å². The van der Waals surface area contributed by atoms with Crippen LogP contribution in [0.4, 0.5) is 8.78 Å². The van der Waals surface area contributed by atoms with Crippen molar-refractivity contribution in [1.29, 1.82) is 0 Å². The van der Waals surface area contributed by atoms with Crippen molar-refractivity contribution in [2.75, 3.05) is 7.05 Å². The van der Waals surface area contributed by atoms with Gasteiger partial charge in [0.05, 0.1) is 0 Å². The van der Waals surface area contributed by atoms with Crippen molar-refractivity contribution in [3.05, 3.63) is 35.4 Å². The second-order valence-electron chi connectivity index (χ2n) is 3.68. The summed E-state index contributed by atoms with van der Waals surface area (Å²) in [6.07, 6.45) is 0.406. The summed E-state index contributed by atoms with van der Waals surface area (Å²) in [6.45, 7) is 2.48. The van der Waals surface area contributed by atoms with Gasteiger partial charge < -0.3 is 5.32 Å². The molecule has 1 N–H and O–H groups in total. The highest BCUT2D eigenvalue weighted by Gasteiger charge is 2.29. The lowest BCUT2D eigenvalue weighted by atomic mass is 10.0. The van der Waals surface area contributed by atoms with Gasteiger partial charge in [0.15, 0.2) is 0 Å². The van der Waals surface area contributed by atoms with Crippen LogP contribution in [0.2, 0.25) is 0 Å². The lowest BCUT2D eigenvalue weighted by Gasteiger charge is -2.16. The SMILES string of the molecule is CCCC(F)(F)c1ccc(CNC)cc1. The van der Waals surface area contributed by atoms with E-state index in [2.05, 4.69) is 5.32 Å². The summed E-state index contributed by atoms with van der Waals surface area (Å²) in [5.41, 5.74) is 1.14. The molecule has 0 bridgehead atoms. The van der Waals surface area contributed by atoms with Gasteiger partial charge in [-0.1, -0.05) is 37.6 Å². The van der Waals surface area contributed by atoms with E-state index in [1.807, 2.05) is 7.05 Å². The van der Waals surface area contributed by atoms with E-state index >= 15 is 0 Å². The molecule has 3 heteroatoms. The highest BCUT2D eigenvalue weighted by atomic mass is 19.3. The maximum atomic E-state index is 13.5. The van der Waals surface area contributed by atoms with Gasteiger partial charge in [-0.15, -0.1) is 0 Å². The van der Waals surface area contributed by atoms with Gasteiger partial charge in [-0.05, 0) is 12.6 Å². The topological polar surface area (TPSA) is 12.0 Å². The van der Waals surface area contributed by atoms with Gasteiger partial charge in [-0.2, -0.15) is 0 Å². The van der Waals surface area contributed by atoms with Crippen molar-refractivity contribution < 1.29 is 8.78 Å². The molecule has 0 spiro atoms. The van der Waals surface area contributed by atoms with Crippen LogP contribution in [-0.2, 0) is 12.5 Å². The summed E-state index contributed by atoms with van der Waals surface area (Å²) in [5.74, 6) is -2.69. The first-order valence-corrected chi connectivity index (χ1v) is 5.22. The zero-order chi connectivity index (χ0) is 11.3. The quantitative estimate of drug-likeness (QED) is 0.791. The van der Waals surface area contributed by atoms with Crippen LogP contribution < -0.4 is 5.32 Å². The molecule has 0 radical (unpaired) electrons. The molecule has 1 nitrogen and oxygen atoms in total. The van der Waals surface area contributed by atoms with Crippen molar-refractivity contribution in [3.63, 3.8) is 0 Å². The van der Waals surface area contributed by atoms with Crippen LogP contribution in [0.5, 0.6) is 0 Å². The Morgan fingerprint density at radius 1 is 1.20 bits per heavy atom. The first-order chi connectivity index (χ1) is 7.10. The van der Waals surface area contributed by atoms with Crippen LogP contribution >= 0.6 is 0 Å². The van der Waals surface area contributed by atoms with Crippen LogP contribution in [0.1, 0.15) is 30.9 Å². The normalized spacial score (nSPS) is 11.7.